The van der Waals surface area contributed by atoms with Crippen LogP contribution < -0.4 is 0 Å². The molecule has 0 aliphatic heterocycles. The number of carbonyl (C=O) groups excluding carboxylic acids is 2. The summed E-state index contributed by atoms with van der Waals surface area (Å²) in [5.74, 6) is -1.90. The predicted molar refractivity (Wildman–Crippen MR) is 82.3 cm³/mol. The molecule has 2 aromatic rings. The van der Waals surface area contributed by atoms with Crippen LogP contribution in [0.15, 0.2) is 60.7 Å². The van der Waals surface area contributed by atoms with E-state index < -0.39 is 23.8 Å². The second-order valence-electron chi connectivity index (χ2n) is 5.14. The van der Waals surface area contributed by atoms with E-state index in [1.165, 1.54) is 0 Å². The summed E-state index contributed by atoms with van der Waals surface area (Å²) in [6.07, 6.45) is -2.74. The molecule has 0 amide bonds. The summed E-state index contributed by atoms with van der Waals surface area (Å²) in [6.45, 7) is 0. The summed E-state index contributed by atoms with van der Waals surface area (Å²) in [4.78, 5) is 23.8. The maximum absolute atomic E-state index is 11.9. The maximum Gasteiger partial charge on any atom is 0.229 e. The molecule has 0 heterocycles. The summed E-state index contributed by atoms with van der Waals surface area (Å²) in [6, 6.07) is 17.9. The fraction of sp³-hybridized carbons (Fsp3) is 0.222. The summed E-state index contributed by atoms with van der Waals surface area (Å²) in [7, 11) is 0. The van der Waals surface area contributed by atoms with Crippen LogP contribution in [-0.4, -0.2) is 34.0 Å². The van der Waals surface area contributed by atoms with Crippen molar-refractivity contribution in [2.75, 3.05) is 0 Å². The van der Waals surface area contributed by atoms with E-state index in [1.54, 1.807) is 48.5 Å². The smallest absolute Gasteiger partial charge is 0.229 e. The molecule has 0 spiro atoms. The Bertz CT molecular complexity index is 565. The van der Waals surface area contributed by atoms with Crippen LogP contribution in [0.4, 0.5) is 0 Å². The van der Waals surface area contributed by atoms with Crippen LogP contribution in [0.5, 0.6) is 0 Å². The fourth-order valence-electron chi connectivity index (χ4n) is 2.19. The van der Waals surface area contributed by atoms with Crippen molar-refractivity contribution in [1.82, 2.24) is 0 Å². The normalized spacial score (nSPS) is 13.4. The van der Waals surface area contributed by atoms with Crippen LogP contribution in [-0.2, 0) is 22.4 Å². The van der Waals surface area contributed by atoms with Gasteiger partial charge in [0.2, 0.25) is 11.6 Å². The van der Waals surface area contributed by atoms with Crippen LogP contribution in [0.2, 0.25) is 0 Å². The van der Waals surface area contributed by atoms with Gasteiger partial charge in [0, 0.05) is 12.8 Å². The van der Waals surface area contributed by atoms with Crippen LogP contribution in [0, 0.1) is 0 Å². The number of aliphatic hydroxyl groups is 2. The van der Waals surface area contributed by atoms with Gasteiger partial charge in [0.05, 0.1) is 0 Å². The number of benzene rings is 2. The van der Waals surface area contributed by atoms with Crippen molar-refractivity contribution >= 4 is 11.6 Å². The van der Waals surface area contributed by atoms with E-state index in [9.17, 15) is 19.8 Å². The van der Waals surface area contributed by atoms with Crippen LogP contribution in [0.3, 0.4) is 0 Å². The highest BCUT2D eigenvalue weighted by Crippen LogP contribution is 2.08. The molecule has 0 aliphatic carbocycles. The molecular weight excluding hydrogens is 280 g/mol. The average Bonchev–Trinajstić information content (AvgIpc) is 2.55. The summed E-state index contributed by atoms with van der Waals surface area (Å²) in [5.41, 5.74) is 1.52. The first-order valence-electron chi connectivity index (χ1n) is 7.10. The van der Waals surface area contributed by atoms with Crippen molar-refractivity contribution in [2.45, 2.75) is 25.0 Å². The molecule has 2 unspecified atom stereocenters. The quantitative estimate of drug-likeness (QED) is 0.756. The van der Waals surface area contributed by atoms with Crippen LogP contribution in [0.25, 0.3) is 0 Å². The van der Waals surface area contributed by atoms with Crippen molar-refractivity contribution < 1.29 is 19.8 Å². The van der Waals surface area contributed by atoms with Gasteiger partial charge >= 0.3 is 0 Å². The molecule has 0 saturated heterocycles. The van der Waals surface area contributed by atoms with Crippen molar-refractivity contribution in [3.63, 3.8) is 0 Å². The minimum Gasteiger partial charge on any atom is -0.384 e. The lowest BCUT2D eigenvalue weighted by Crippen LogP contribution is -2.38. The zero-order valence-electron chi connectivity index (χ0n) is 12.1. The maximum atomic E-state index is 11.9. The third kappa shape index (κ3) is 4.35. The minimum absolute atomic E-state index is 0.0590. The van der Waals surface area contributed by atoms with Gasteiger partial charge in [-0.1, -0.05) is 60.7 Å². The summed E-state index contributed by atoms with van der Waals surface area (Å²) >= 11 is 0. The molecule has 0 saturated carbocycles. The van der Waals surface area contributed by atoms with Gasteiger partial charge < -0.3 is 10.2 Å². The number of Topliss-reactive ketones (excluding diaryl/α,β-unsaturated/α-hetero) is 2. The monoisotopic (exact) mass is 298 g/mol. The second-order valence-corrected chi connectivity index (χ2v) is 5.14. The van der Waals surface area contributed by atoms with Crippen LogP contribution >= 0.6 is 0 Å². The highest BCUT2D eigenvalue weighted by molar-refractivity contribution is 6.40. The Hall–Kier alpha value is -2.30. The molecule has 4 heteroatoms. The molecule has 0 aliphatic rings. The number of aliphatic hydroxyl groups excluding tert-OH is 2. The van der Waals surface area contributed by atoms with Crippen LogP contribution in [0.1, 0.15) is 11.1 Å². The summed E-state index contributed by atoms with van der Waals surface area (Å²) in [5, 5.41) is 19.8. The number of rotatable bonds is 7. The molecule has 0 fully saturated rings. The third-order valence-electron chi connectivity index (χ3n) is 3.39. The Balaban J connectivity index is 1.94. The Kier molecular flexibility index (Phi) is 5.58. The molecule has 2 N–H and O–H groups in total. The molecule has 2 atom stereocenters. The molecule has 22 heavy (non-hydrogen) atoms. The van der Waals surface area contributed by atoms with Gasteiger partial charge in [0.15, 0.2) is 0 Å². The van der Waals surface area contributed by atoms with E-state index in [0.29, 0.717) is 0 Å². The minimum atomic E-state index is -1.43. The molecule has 0 aromatic heterocycles. The zero-order valence-corrected chi connectivity index (χ0v) is 12.1. The lowest BCUT2D eigenvalue weighted by molar-refractivity contribution is -0.146. The van der Waals surface area contributed by atoms with E-state index in [0.717, 1.165) is 11.1 Å². The molecule has 2 rings (SSSR count). The van der Waals surface area contributed by atoms with Gasteiger partial charge in [-0.15, -0.1) is 0 Å². The molecular formula is C18H18O4. The van der Waals surface area contributed by atoms with Gasteiger partial charge in [0.25, 0.3) is 0 Å². The number of ketones is 2. The first-order chi connectivity index (χ1) is 10.6. The molecule has 0 bridgehead atoms. The first-order valence-corrected chi connectivity index (χ1v) is 7.10. The number of hydrogen-bond donors (Lipinski definition) is 2. The van der Waals surface area contributed by atoms with Gasteiger partial charge in [-0.25, -0.2) is 0 Å². The lowest BCUT2D eigenvalue weighted by Gasteiger charge is -2.12. The molecule has 114 valence electrons. The largest absolute Gasteiger partial charge is 0.384 e. The van der Waals surface area contributed by atoms with Crippen molar-refractivity contribution in [1.29, 1.82) is 0 Å². The summed E-state index contributed by atoms with van der Waals surface area (Å²) < 4.78 is 0. The van der Waals surface area contributed by atoms with Gasteiger partial charge in [-0.05, 0) is 11.1 Å². The Morgan fingerprint density at radius 1 is 0.682 bits per heavy atom. The van der Waals surface area contributed by atoms with E-state index in [2.05, 4.69) is 0 Å². The predicted octanol–water partition coefficient (Wildman–Crippen LogP) is 1.33. The highest BCUT2D eigenvalue weighted by atomic mass is 16.3. The molecule has 0 radical (unpaired) electrons. The average molecular weight is 298 g/mol. The first kappa shape index (κ1) is 16.1. The Labute approximate surface area is 129 Å². The molecule has 4 nitrogen and oxygen atoms in total. The van der Waals surface area contributed by atoms with Crippen molar-refractivity contribution in [3.05, 3.63) is 71.8 Å². The van der Waals surface area contributed by atoms with Crippen molar-refractivity contribution in [3.8, 4) is 0 Å². The van der Waals surface area contributed by atoms with Gasteiger partial charge in [0.1, 0.15) is 12.2 Å². The number of hydrogen-bond acceptors (Lipinski definition) is 4. The lowest BCUT2D eigenvalue weighted by atomic mass is 9.97. The zero-order chi connectivity index (χ0) is 15.9. The van der Waals surface area contributed by atoms with E-state index in [4.69, 9.17) is 0 Å². The van der Waals surface area contributed by atoms with Gasteiger partial charge in [-0.2, -0.15) is 0 Å². The third-order valence-corrected chi connectivity index (χ3v) is 3.39. The Morgan fingerprint density at radius 2 is 1.00 bits per heavy atom. The van der Waals surface area contributed by atoms with E-state index in [-0.39, 0.29) is 12.8 Å². The highest BCUT2D eigenvalue weighted by Gasteiger charge is 2.28. The molecule has 2 aromatic carbocycles. The standard InChI is InChI=1S/C18H18O4/c19-15(11-13-7-3-1-4-8-13)17(21)18(22)16(20)12-14-9-5-2-6-10-14/h1-10,15-16,19-20H,11-12H2. The Morgan fingerprint density at radius 3 is 1.32 bits per heavy atom. The topological polar surface area (TPSA) is 74.6 Å². The van der Waals surface area contributed by atoms with E-state index >= 15 is 0 Å². The van der Waals surface area contributed by atoms with Crippen molar-refractivity contribution in [2.24, 2.45) is 0 Å². The SMILES string of the molecule is O=C(C(=O)C(O)Cc1ccccc1)C(O)Cc1ccccc1. The number of carbonyl (C=O) groups is 2. The van der Waals surface area contributed by atoms with E-state index in [1.807, 2.05) is 12.1 Å². The fourth-order valence-corrected chi connectivity index (χ4v) is 2.19. The second kappa shape index (κ2) is 7.64. The van der Waals surface area contributed by atoms with Gasteiger partial charge in [-0.3, -0.25) is 9.59 Å².